The zero-order valence-electron chi connectivity index (χ0n) is 9.52. The van der Waals surface area contributed by atoms with E-state index in [1.54, 1.807) is 6.92 Å². The van der Waals surface area contributed by atoms with Gasteiger partial charge in [0.05, 0.1) is 0 Å². The van der Waals surface area contributed by atoms with Crippen LogP contribution in [0.5, 0.6) is 0 Å². The molecule has 0 radical (unpaired) electrons. The zero-order valence-corrected chi connectivity index (χ0v) is 9.52. The SMILES string of the molecule is CCCC(=O)OC[C@@H](O)[C@@H](O)[C@H](O)[C@@H](O)C=O. The summed E-state index contributed by atoms with van der Waals surface area (Å²) in [6.07, 6.45) is -6.17. The minimum atomic E-state index is -1.83. The Morgan fingerprint density at radius 1 is 1.24 bits per heavy atom. The number of aliphatic hydroxyl groups is 4. The topological polar surface area (TPSA) is 124 Å². The van der Waals surface area contributed by atoms with Crippen LogP contribution in [0, 0.1) is 0 Å². The largest absolute Gasteiger partial charge is 0.463 e. The molecule has 100 valence electrons. The molecule has 0 rings (SSSR count). The minimum Gasteiger partial charge on any atom is -0.463 e. The number of ether oxygens (including phenoxy) is 1. The second kappa shape index (κ2) is 8.13. The van der Waals surface area contributed by atoms with Crippen LogP contribution in [0.2, 0.25) is 0 Å². The smallest absolute Gasteiger partial charge is 0.305 e. The van der Waals surface area contributed by atoms with Crippen molar-refractivity contribution in [1.29, 1.82) is 0 Å². The van der Waals surface area contributed by atoms with E-state index >= 15 is 0 Å². The van der Waals surface area contributed by atoms with Gasteiger partial charge in [-0.25, -0.2) is 0 Å². The molecule has 0 saturated carbocycles. The summed E-state index contributed by atoms with van der Waals surface area (Å²) in [6.45, 7) is 1.26. The third kappa shape index (κ3) is 5.73. The van der Waals surface area contributed by atoms with Gasteiger partial charge in [-0.1, -0.05) is 6.92 Å². The fourth-order valence-corrected chi connectivity index (χ4v) is 1.06. The zero-order chi connectivity index (χ0) is 13.4. The van der Waals surface area contributed by atoms with Gasteiger partial charge in [0.1, 0.15) is 31.0 Å². The molecule has 0 heterocycles. The highest BCUT2D eigenvalue weighted by Crippen LogP contribution is 2.05. The van der Waals surface area contributed by atoms with Gasteiger partial charge in [0, 0.05) is 6.42 Å². The van der Waals surface area contributed by atoms with Crippen LogP contribution < -0.4 is 0 Å². The molecule has 0 fully saturated rings. The number of hydrogen-bond donors (Lipinski definition) is 4. The van der Waals surface area contributed by atoms with Crippen molar-refractivity contribution in [3.63, 3.8) is 0 Å². The molecule has 0 aromatic heterocycles. The molecule has 4 atom stereocenters. The summed E-state index contributed by atoms with van der Waals surface area (Å²) in [7, 11) is 0. The highest BCUT2D eigenvalue weighted by Gasteiger charge is 2.30. The molecule has 0 saturated heterocycles. The standard InChI is InChI=1S/C10H18O7/c1-2-3-8(14)17-5-7(13)10(16)9(15)6(12)4-11/h4,6-7,9-10,12-13,15-16H,2-3,5H2,1H3/t6-,7+,9+,10+/m0/s1. The molecule has 0 bridgehead atoms. The number of aldehydes is 1. The number of rotatable bonds is 8. The number of esters is 1. The van der Waals surface area contributed by atoms with Crippen LogP contribution in [0.4, 0.5) is 0 Å². The summed E-state index contributed by atoms with van der Waals surface area (Å²) in [4.78, 5) is 21.1. The first kappa shape index (κ1) is 16.0. The van der Waals surface area contributed by atoms with Crippen LogP contribution in [0.15, 0.2) is 0 Å². The second-order valence-electron chi connectivity index (χ2n) is 3.61. The van der Waals surface area contributed by atoms with E-state index in [0.717, 1.165) is 0 Å². The monoisotopic (exact) mass is 250 g/mol. The number of aliphatic hydroxyl groups excluding tert-OH is 4. The van der Waals surface area contributed by atoms with E-state index in [1.165, 1.54) is 0 Å². The van der Waals surface area contributed by atoms with Crippen LogP contribution in [-0.4, -0.2) is 63.7 Å². The normalized spacial score (nSPS) is 17.9. The highest BCUT2D eigenvalue weighted by atomic mass is 16.5. The van der Waals surface area contributed by atoms with Crippen LogP contribution in [0.25, 0.3) is 0 Å². The molecular weight excluding hydrogens is 232 g/mol. The van der Waals surface area contributed by atoms with E-state index < -0.39 is 37.0 Å². The van der Waals surface area contributed by atoms with E-state index in [0.29, 0.717) is 6.42 Å². The van der Waals surface area contributed by atoms with Gasteiger partial charge in [-0.3, -0.25) is 4.79 Å². The van der Waals surface area contributed by atoms with Crippen LogP contribution in [0.1, 0.15) is 19.8 Å². The third-order valence-corrected chi connectivity index (χ3v) is 2.10. The van der Waals surface area contributed by atoms with Crippen molar-refractivity contribution in [3.05, 3.63) is 0 Å². The molecule has 0 aliphatic rings. The number of carbonyl (C=O) groups excluding carboxylic acids is 2. The lowest BCUT2D eigenvalue weighted by atomic mass is 10.0. The Kier molecular flexibility index (Phi) is 7.64. The van der Waals surface area contributed by atoms with Gasteiger partial charge in [0.15, 0.2) is 6.29 Å². The lowest BCUT2D eigenvalue weighted by Crippen LogP contribution is -2.46. The molecule has 7 nitrogen and oxygen atoms in total. The van der Waals surface area contributed by atoms with E-state index in [-0.39, 0.29) is 12.7 Å². The molecule has 0 amide bonds. The third-order valence-electron chi connectivity index (χ3n) is 2.10. The first-order valence-corrected chi connectivity index (χ1v) is 5.27. The second-order valence-corrected chi connectivity index (χ2v) is 3.61. The Bertz CT molecular complexity index is 243. The molecule has 4 N–H and O–H groups in total. The predicted molar refractivity (Wildman–Crippen MR) is 56.0 cm³/mol. The van der Waals surface area contributed by atoms with Crippen molar-refractivity contribution in [2.45, 2.75) is 44.2 Å². The molecule has 0 aliphatic carbocycles. The summed E-state index contributed by atoms with van der Waals surface area (Å²) in [5.41, 5.74) is 0. The average Bonchev–Trinajstić information content (AvgIpc) is 2.33. The van der Waals surface area contributed by atoms with Gasteiger partial charge in [0.25, 0.3) is 0 Å². The van der Waals surface area contributed by atoms with Gasteiger partial charge in [-0.2, -0.15) is 0 Å². The minimum absolute atomic E-state index is 0.0314. The molecule has 0 aromatic carbocycles. The molecule has 0 aromatic rings. The molecule has 0 unspecified atom stereocenters. The maximum atomic E-state index is 10.9. The Labute approximate surface area is 98.6 Å². The summed E-state index contributed by atoms with van der Waals surface area (Å²) >= 11 is 0. The van der Waals surface area contributed by atoms with Crippen molar-refractivity contribution < 1.29 is 34.8 Å². The number of carbonyl (C=O) groups is 2. The van der Waals surface area contributed by atoms with Crippen LogP contribution in [0.3, 0.4) is 0 Å². The maximum absolute atomic E-state index is 10.9. The van der Waals surface area contributed by atoms with Crippen LogP contribution in [-0.2, 0) is 14.3 Å². The lowest BCUT2D eigenvalue weighted by Gasteiger charge is -2.23. The first-order valence-electron chi connectivity index (χ1n) is 5.27. The quantitative estimate of drug-likeness (QED) is 0.289. The fourth-order valence-electron chi connectivity index (χ4n) is 1.06. The Hall–Kier alpha value is -1.02. The maximum Gasteiger partial charge on any atom is 0.305 e. The van der Waals surface area contributed by atoms with Crippen molar-refractivity contribution in [1.82, 2.24) is 0 Å². The summed E-state index contributed by atoms with van der Waals surface area (Å²) in [5, 5.41) is 36.8. The van der Waals surface area contributed by atoms with Crippen molar-refractivity contribution >= 4 is 12.3 Å². The molecule has 0 aliphatic heterocycles. The Morgan fingerprint density at radius 2 is 1.82 bits per heavy atom. The van der Waals surface area contributed by atoms with E-state index in [9.17, 15) is 24.9 Å². The molecule has 17 heavy (non-hydrogen) atoms. The molecule has 0 spiro atoms. The Morgan fingerprint density at radius 3 is 2.29 bits per heavy atom. The van der Waals surface area contributed by atoms with Crippen molar-refractivity contribution in [2.24, 2.45) is 0 Å². The summed E-state index contributed by atoms with van der Waals surface area (Å²) < 4.78 is 4.60. The average molecular weight is 250 g/mol. The highest BCUT2D eigenvalue weighted by molar-refractivity contribution is 5.69. The van der Waals surface area contributed by atoms with Gasteiger partial charge in [0.2, 0.25) is 0 Å². The van der Waals surface area contributed by atoms with E-state index in [2.05, 4.69) is 4.74 Å². The van der Waals surface area contributed by atoms with Gasteiger partial charge < -0.3 is 30.0 Å². The molecular formula is C10H18O7. The Balaban J connectivity index is 4.08. The van der Waals surface area contributed by atoms with E-state index in [4.69, 9.17) is 5.11 Å². The fraction of sp³-hybridized carbons (Fsp3) is 0.800. The lowest BCUT2D eigenvalue weighted by molar-refractivity contribution is -0.156. The van der Waals surface area contributed by atoms with Crippen molar-refractivity contribution in [2.75, 3.05) is 6.61 Å². The van der Waals surface area contributed by atoms with Crippen LogP contribution >= 0.6 is 0 Å². The number of hydrogen-bond acceptors (Lipinski definition) is 7. The first-order chi connectivity index (χ1) is 7.93. The van der Waals surface area contributed by atoms with Gasteiger partial charge in [-0.15, -0.1) is 0 Å². The molecule has 7 heteroatoms. The van der Waals surface area contributed by atoms with Crippen molar-refractivity contribution in [3.8, 4) is 0 Å². The summed E-state index contributed by atoms with van der Waals surface area (Å²) in [5.74, 6) is -0.538. The van der Waals surface area contributed by atoms with E-state index in [1.807, 2.05) is 0 Å². The predicted octanol–water partition coefficient (Wildman–Crippen LogP) is -2.03. The van der Waals surface area contributed by atoms with Gasteiger partial charge >= 0.3 is 5.97 Å². The van der Waals surface area contributed by atoms with Gasteiger partial charge in [-0.05, 0) is 6.42 Å². The summed E-state index contributed by atoms with van der Waals surface area (Å²) in [6, 6.07) is 0.